The van der Waals surface area contributed by atoms with Crippen LogP contribution >= 0.6 is 0 Å². The number of rotatable bonds is 8. The van der Waals surface area contributed by atoms with Crippen molar-refractivity contribution in [2.75, 3.05) is 6.61 Å². The van der Waals surface area contributed by atoms with Crippen LogP contribution in [0.15, 0.2) is 73.1 Å². The quantitative estimate of drug-likeness (QED) is 0.220. The summed E-state index contributed by atoms with van der Waals surface area (Å²) in [6.07, 6.45) is 3.99. The predicted molar refractivity (Wildman–Crippen MR) is 119 cm³/mol. The summed E-state index contributed by atoms with van der Waals surface area (Å²) in [5.74, 6) is 0.371. The monoisotopic (exact) mass is 431 g/mol. The number of benzene rings is 2. The number of hydrogen-bond donors (Lipinski definition) is 0. The maximum atomic E-state index is 11.9. The van der Waals surface area contributed by atoms with E-state index in [4.69, 9.17) is 9.47 Å². The molecule has 8 nitrogen and oxygen atoms in total. The number of aromatic nitrogens is 2. The molecule has 162 valence electrons. The molecule has 0 unspecified atom stereocenters. The fourth-order valence-corrected chi connectivity index (χ4v) is 3.13. The normalized spacial score (nSPS) is 10.8. The first-order valence-corrected chi connectivity index (χ1v) is 10.2. The van der Waals surface area contributed by atoms with Gasteiger partial charge >= 0.3 is 5.97 Å². The van der Waals surface area contributed by atoms with Crippen molar-refractivity contribution in [1.29, 1.82) is 0 Å². The van der Waals surface area contributed by atoms with Gasteiger partial charge in [-0.1, -0.05) is 19.1 Å². The van der Waals surface area contributed by atoms with Crippen LogP contribution in [0.5, 0.6) is 5.75 Å². The summed E-state index contributed by atoms with van der Waals surface area (Å²) < 4.78 is 12.6. The number of esters is 1. The van der Waals surface area contributed by atoms with Crippen molar-refractivity contribution in [3.05, 3.63) is 94.3 Å². The molecule has 0 saturated heterocycles. The van der Waals surface area contributed by atoms with Crippen molar-refractivity contribution in [1.82, 2.24) is 9.38 Å². The highest BCUT2D eigenvalue weighted by Crippen LogP contribution is 2.24. The Morgan fingerprint density at radius 3 is 2.47 bits per heavy atom. The van der Waals surface area contributed by atoms with Crippen LogP contribution in [0.1, 0.15) is 29.3 Å². The molecule has 2 aromatic heterocycles. The number of imidazole rings is 1. The van der Waals surface area contributed by atoms with Gasteiger partial charge in [-0.15, -0.1) is 0 Å². The van der Waals surface area contributed by atoms with Crippen LogP contribution in [0.4, 0.5) is 5.69 Å². The first-order chi connectivity index (χ1) is 15.5. The van der Waals surface area contributed by atoms with Gasteiger partial charge in [0.15, 0.2) is 0 Å². The van der Waals surface area contributed by atoms with Crippen molar-refractivity contribution in [3.63, 3.8) is 0 Å². The van der Waals surface area contributed by atoms with Crippen molar-refractivity contribution >= 4 is 17.3 Å². The van der Waals surface area contributed by atoms with E-state index in [1.807, 2.05) is 43.3 Å². The van der Waals surface area contributed by atoms with Crippen molar-refractivity contribution < 1.29 is 19.2 Å². The minimum atomic E-state index is -0.434. The molecule has 0 spiro atoms. The van der Waals surface area contributed by atoms with E-state index in [2.05, 4.69) is 4.98 Å². The molecule has 0 amide bonds. The molecule has 0 bridgehead atoms. The largest absolute Gasteiger partial charge is 0.489 e. The maximum Gasteiger partial charge on any atom is 0.338 e. The van der Waals surface area contributed by atoms with Gasteiger partial charge < -0.3 is 9.47 Å². The summed E-state index contributed by atoms with van der Waals surface area (Å²) in [5.41, 5.74) is 3.68. The topological polar surface area (TPSA) is 96.0 Å². The zero-order valence-electron chi connectivity index (χ0n) is 17.4. The van der Waals surface area contributed by atoms with Crippen molar-refractivity contribution in [2.24, 2.45) is 0 Å². The molecule has 0 fully saturated rings. The van der Waals surface area contributed by atoms with Gasteiger partial charge in [0.2, 0.25) is 0 Å². The first-order valence-electron chi connectivity index (χ1n) is 10.2. The van der Waals surface area contributed by atoms with E-state index in [9.17, 15) is 14.9 Å². The zero-order valence-corrected chi connectivity index (χ0v) is 17.4. The molecule has 4 aromatic rings. The van der Waals surface area contributed by atoms with Crippen molar-refractivity contribution in [3.8, 4) is 17.0 Å². The summed E-state index contributed by atoms with van der Waals surface area (Å²) in [6.45, 7) is 2.72. The first kappa shape index (κ1) is 21.0. The minimum Gasteiger partial charge on any atom is -0.489 e. The third-order valence-electron chi connectivity index (χ3n) is 4.83. The van der Waals surface area contributed by atoms with Gasteiger partial charge in [-0.2, -0.15) is 0 Å². The van der Waals surface area contributed by atoms with E-state index < -0.39 is 4.92 Å². The molecule has 32 heavy (non-hydrogen) atoms. The summed E-state index contributed by atoms with van der Waals surface area (Å²) in [4.78, 5) is 26.9. The number of pyridine rings is 1. The lowest BCUT2D eigenvalue weighted by Crippen LogP contribution is -2.06. The summed E-state index contributed by atoms with van der Waals surface area (Å²) in [5, 5.41) is 10.9. The molecule has 2 heterocycles. The van der Waals surface area contributed by atoms with Gasteiger partial charge in [0.25, 0.3) is 5.69 Å². The lowest BCUT2D eigenvalue weighted by atomic mass is 10.1. The van der Waals surface area contributed by atoms with E-state index in [0.717, 1.165) is 17.5 Å². The summed E-state index contributed by atoms with van der Waals surface area (Å²) in [7, 11) is 0. The van der Waals surface area contributed by atoms with Gasteiger partial charge in [-0.25, -0.2) is 9.78 Å². The Labute approximate surface area is 184 Å². The second-order valence-corrected chi connectivity index (χ2v) is 7.18. The highest BCUT2D eigenvalue weighted by molar-refractivity contribution is 5.89. The van der Waals surface area contributed by atoms with Crippen LogP contribution in [-0.2, 0) is 11.3 Å². The molecule has 0 atom stereocenters. The Morgan fingerprint density at radius 2 is 1.78 bits per heavy atom. The van der Waals surface area contributed by atoms with Crippen LogP contribution in [-0.4, -0.2) is 26.9 Å². The number of ether oxygens (including phenoxy) is 2. The predicted octanol–water partition coefficient (Wildman–Crippen LogP) is 5.06. The second-order valence-electron chi connectivity index (χ2n) is 7.18. The number of carbonyl (C=O) groups is 1. The van der Waals surface area contributed by atoms with Crippen molar-refractivity contribution in [2.45, 2.75) is 20.0 Å². The Kier molecular flexibility index (Phi) is 6.12. The number of carbonyl (C=O) groups excluding carboxylic acids is 1. The molecule has 0 aliphatic heterocycles. The smallest absolute Gasteiger partial charge is 0.338 e. The van der Waals surface area contributed by atoms with Crippen LogP contribution in [0.2, 0.25) is 0 Å². The molecule has 4 rings (SSSR count). The van der Waals surface area contributed by atoms with Crippen LogP contribution in [0, 0.1) is 10.1 Å². The maximum absolute atomic E-state index is 11.9. The zero-order chi connectivity index (χ0) is 22.5. The molecule has 0 radical (unpaired) electrons. The Morgan fingerprint density at radius 1 is 1.03 bits per heavy atom. The van der Waals surface area contributed by atoms with E-state index in [0.29, 0.717) is 35.9 Å². The lowest BCUT2D eigenvalue weighted by Gasteiger charge is -2.08. The Balaban J connectivity index is 1.39. The third kappa shape index (κ3) is 4.75. The number of nitrogens with zero attached hydrogens (tertiary/aromatic N) is 3. The van der Waals surface area contributed by atoms with E-state index in [1.165, 1.54) is 12.3 Å². The van der Waals surface area contributed by atoms with Gasteiger partial charge in [-0.3, -0.25) is 14.5 Å². The molecule has 0 saturated carbocycles. The molecule has 0 aliphatic rings. The molecular weight excluding hydrogens is 410 g/mol. The summed E-state index contributed by atoms with van der Waals surface area (Å²) >= 11 is 0. The fraction of sp³-hybridized carbons (Fsp3) is 0.167. The standard InChI is InChI=1S/C24H21N3O5/c1-2-13-31-24(28)19-5-3-17(4-6-19)16-32-21-10-7-18(8-11-21)22-15-26-14-20(27(29)30)9-12-23(26)25-22/h3-12,14-15H,2,13,16H2,1H3. The molecule has 0 aliphatic carbocycles. The number of hydrogen-bond acceptors (Lipinski definition) is 6. The highest BCUT2D eigenvalue weighted by Gasteiger charge is 2.10. The van der Waals surface area contributed by atoms with Gasteiger partial charge in [-0.05, 0) is 54.4 Å². The van der Waals surface area contributed by atoms with Gasteiger partial charge in [0.05, 0.1) is 29.0 Å². The average molecular weight is 431 g/mol. The average Bonchev–Trinajstić information content (AvgIpc) is 3.25. The van der Waals surface area contributed by atoms with E-state index in [1.54, 1.807) is 28.8 Å². The third-order valence-corrected chi connectivity index (χ3v) is 4.83. The van der Waals surface area contributed by atoms with Crippen LogP contribution in [0.25, 0.3) is 16.9 Å². The Bertz CT molecular complexity index is 1250. The number of fused-ring (bicyclic) bond motifs is 1. The lowest BCUT2D eigenvalue weighted by molar-refractivity contribution is -0.385. The molecule has 8 heteroatoms. The van der Waals surface area contributed by atoms with Gasteiger partial charge in [0, 0.05) is 17.8 Å². The van der Waals surface area contributed by atoms with E-state index >= 15 is 0 Å². The highest BCUT2D eigenvalue weighted by atomic mass is 16.6. The Hall–Kier alpha value is -4.20. The van der Waals surface area contributed by atoms with Crippen LogP contribution in [0.3, 0.4) is 0 Å². The van der Waals surface area contributed by atoms with E-state index in [-0.39, 0.29) is 11.7 Å². The molecule has 2 aromatic carbocycles. The van der Waals surface area contributed by atoms with Crippen LogP contribution < -0.4 is 4.74 Å². The van der Waals surface area contributed by atoms with Gasteiger partial charge in [0.1, 0.15) is 18.0 Å². The summed E-state index contributed by atoms with van der Waals surface area (Å²) in [6, 6.07) is 17.7. The SMILES string of the molecule is CCCOC(=O)c1ccc(COc2ccc(-c3cn4cc([N+](=O)[O-])ccc4n3)cc2)cc1. The minimum absolute atomic E-state index is 0.0103. The molecular formula is C24H21N3O5. The molecule has 0 N–H and O–H groups in total. The fourth-order valence-electron chi connectivity index (χ4n) is 3.13. The number of nitro groups is 1. The second kappa shape index (κ2) is 9.30.